The van der Waals surface area contributed by atoms with Gasteiger partial charge in [0.25, 0.3) is 0 Å². The molecule has 0 atom stereocenters. The van der Waals surface area contributed by atoms with E-state index in [0.29, 0.717) is 16.4 Å². The summed E-state index contributed by atoms with van der Waals surface area (Å²) in [4.78, 5) is 16.6. The number of hydrogen-bond donors (Lipinski definition) is 0. The molecule has 5 heteroatoms. The van der Waals surface area contributed by atoms with Crippen LogP contribution >= 0.6 is 11.6 Å². The third-order valence-corrected chi connectivity index (χ3v) is 2.96. The smallest absolute Gasteiger partial charge is 0.231 e. The fourth-order valence-electron chi connectivity index (χ4n) is 1.78. The van der Waals surface area contributed by atoms with Crippen LogP contribution in [-0.2, 0) is 0 Å². The molecule has 0 N–H and O–H groups in total. The average molecular weight is 264 g/mol. The number of nitrogens with zero attached hydrogens (tertiary/aromatic N) is 3. The Labute approximate surface area is 111 Å². The van der Waals surface area contributed by atoms with E-state index in [4.69, 9.17) is 11.6 Å². The average Bonchev–Trinajstić information content (AvgIpc) is 2.71. The first-order valence-electron chi connectivity index (χ1n) is 5.71. The molecule has 0 amide bonds. The van der Waals surface area contributed by atoms with Gasteiger partial charge in [0.05, 0.1) is 11.2 Å². The third-order valence-electron chi connectivity index (χ3n) is 2.68. The number of aromatic nitrogens is 3. The maximum Gasteiger partial charge on any atom is 0.231 e. The molecule has 0 saturated heterocycles. The van der Waals surface area contributed by atoms with E-state index in [1.807, 2.05) is 26.8 Å². The number of hydrogen-bond acceptors (Lipinski definition) is 3. The molecular formula is C13H14ClN3O. The summed E-state index contributed by atoms with van der Waals surface area (Å²) in [6.07, 6.45) is 3.09. The van der Waals surface area contributed by atoms with Crippen molar-refractivity contribution < 1.29 is 4.79 Å². The summed E-state index contributed by atoms with van der Waals surface area (Å²) in [5.74, 6) is -0.190. The molecule has 18 heavy (non-hydrogen) atoms. The summed E-state index contributed by atoms with van der Waals surface area (Å²) in [6.45, 7) is 5.75. The van der Waals surface area contributed by atoms with Crippen LogP contribution in [0.2, 0.25) is 5.02 Å². The van der Waals surface area contributed by atoms with Crippen molar-refractivity contribution in [2.45, 2.75) is 26.8 Å². The van der Waals surface area contributed by atoms with E-state index in [1.54, 1.807) is 16.9 Å². The van der Waals surface area contributed by atoms with E-state index >= 15 is 0 Å². The number of carbonyl (C=O) groups excluding carboxylic acids is 1. The van der Waals surface area contributed by atoms with Gasteiger partial charge < -0.3 is 0 Å². The van der Waals surface area contributed by atoms with Crippen LogP contribution in [0.1, 0.15) is 41.6 Å². The largest absolute Gasteiger partial charge is 0.285 e. The fourth-order valence-corrected chi connectivity index (χ4v) is 2.00. The van der Waals surface area contributed by atoms with Crippen molar-refractivity contribution in [2.75, 3.05) is 0 Å². The zero-order valence-electron chi connectivity index (χ0n) is 10.5. The Morgan fingerprint density at radius 1 is 1.44 bits per heavy atom. The summed E-state index contributed by atoms with van der Waals surface area (Å²) in [5.41, 5.74) is 1.64. The van der Waals surface area contributed by atoms with Gasteiger partial charge in [0.2, 0.25) is 5.78 Å². The van der Waals surface area contributed by atoms with Gasteiger partial charge in [-0.3, -0.25) is 14.5 Å². The molecule has 0 aliphatic carbocycles. The van der Waals surface area contributed by atoms with Crippen LogP contribution in [0.3, 0.4) is 0 Å². The van der Waals surface area contributed by atoms with Crippen molar-refractivity contribution >= 4 is 17.4 Å². The summed E-state index contributed by atoms with van der Waals surface area (Å²) in [5, 5.41) is 4.49. The lowest BCUT2D eigenvalue weighted by Gasteiger charge is -2.11. The normalized spacial score (nSPS) is 10.9. The lowest BCUT2D eigenvalue weighted by molar-refractivity contribution is 0.102. The second-order valence-corrected chi connectivity index (χ2v) is 4.78. The number of pyridine rings is 1. The standard InChI is InChI=1S/C13H14ClN3O/c1-8(2)17-12(10(14)7-16-17)13(18)11-9(3)5-4-6-15-11/h4-8H,1-3H3. The third kappa shape index (κ3) is 2.16. The highest BCUT2D eigenvalue weighted by atomic mass is 35.5. The second-order valence-electron chi connectivity index (χ2n) is 4.38. The highest BCUT2D eigenvalue weighted by molar-refractivity contribution is 6.34. The summed E-state index contributed by atoms with van der Waals surface area (Å²) >= 11 is 6.05. The Morgan fingerprint density at radius 2 is 2.17 bits per heavy atom. The predicted molar refractivity (Wildman–Crippen MR) is 70.0 cm³/mol. The van der Waals surface area contributed by atoms with Gasteiger partial charge in [-0.05, 0) is 32.4 Å². The van der Waals surface area contributed by atoms with Crippen LogP contribution in [0.15, 0.2) is 24.5 Å². The van der Waals surface area contributed by atoms with Crippen LogP contribution in [-0.4, -0.2) is 20.5 Å². The molecule has 0 bridgehead atoms. The van der Waals surface area contributed by atoms with Gasteiger partial charge in [0.15, 0.2) is 0 Å². The first-order chi connectivity index (χ1) is 8.52. The fraction of sp³-hybridized carbons (Fsp3) is 0.308. The minimum absolute atomic E-state index is 0.0699. The molecule has 0 spiro atoms. The van der Waals surface area contributed by atoms with Crippen molar-refractivity contribution in [3.63, 3.8) is 0 Å². The molecule has 0 radical (unpaired) electrons. The minimum Gasteiger partial charge on any atom is -0.285 e. The van der Waals surface area contributed by atoms with Gasteiger partial charge in [-0.25, -0.2) is 0 Å². The molecule has 0 fully saturated rings. The zero-order valence-corrected chi connectivity index (χ0v) is 11.3. The van der Waals surface area contributed by atoms with Gasteiger partial charge in [-0.1, -0.05) is 17.7 Å². The molecule has 2 heterocycles. The zero-order chi connectivity index (χ0) is 13.3. The van der Waals surface area contributed by atoms with Crippen LogP contribution in [0.25, 0.3) is 0 Å². The van der Waals surface area contributed by atoms with Gasteiger partial charge in [0, 0.05) is 12.2 Å². The van der Waals surface area contributed by atoms with Crippen molar-refractivity contribution in [2.24, 2.45) is 0 Å². The van der Waals surface area contributed by atoms with Crippen LogP contribution in [0.4, 0.5) is 0 Å². The maximum absolute atomic E-state index is 12.5. The van der Waals surface area contributed by atoms with E-state index in [-0.39, 0.29) is 11.8 Å². The van der Waals surface area contributed by atoms with Gasteiger partial charge in [0.1, 0.15) is 11.4 Å². The van der Waals surface area contributed by atoms with Crippen molar-refractivity contribution in [1.82, 2.24) is 14.8 Å². The SMILES string of the molecule is Cc1cccnc1C(=O)c1c(Cl)cnn1C(C)C. The van der Waals surface area contributed by atoms with Crippen molar-refractivity contribution in [3.8, 4) is 0 Å². The van der Waals surface area contributed by atoms with E-state index in [0.717, 1.165) is 5.56 Å². The number of aryl methyl sites for hydroxylation is 1. The molecule has 0 unspecified atom stereocenters. The summed E-state index contributed by atoms with van der Waals surface area (Å²) in [7, 11) is 0. The van der Waals surface area contributed by atoms with Gasteiger partial charge in [-0.2, -0.15) is 5.10 Å². The molecule has 0 aliphatic rings. The Morgan fingerprint density at radius 3 is 2.78 bits per heavy atom. The monoisotopic (exact) mass is 263 g/mol. The Kier molecular flexibility index (Phi) is 3.48. The van der Waals surface area contributed by atoms with Gasteiger partial charge >= 0.3 is 0 Å². The summed E-state index contributed by atoms with van der Waals surface area (Å²) in [6, 6.07) is 3.72. The molecule has 4 nitrogen and oxygen atoms in total. The topological polar surface area (TPSA) is 47.8 Å². The van der Waals surface area contributed by atoms with E-state index in [2.05, 4.69) is 10.1 Å². The van der Waals surface area contributed by atoms with Crippen LogP contribution in [0.5, 0.6) is 0 Å². The van der Waals surface area contributed by atoms with Crippen LogP contribution in [0, 0.1) is 6.92 Å². The predicted octanol–water partition coefficient (Wildman–Crippen LogP) is 3.05. The lowest BCUT2D eigenvalue weighted by atomic mass is 10.1. The quantitative estimate of drug-likeness (QED) is 0.800. The second kappa shape index (κ2) is 4.90. The van der Waals surface area contributed by atoms with Crippen molar-refractivity contribution in [3.05, 3.63) is 46.5 Å². The highest BCUT2D eigenvalue weighted by Gasteiger charge is 2.22. The maximum atomic E-state index is 12.5. The molecule has 2 aromatic heterocycles. The number of ketones is 1. The number of rotatable bonds is 3. The molecule has 94 valence electrons. The van der Waals surface area contributed by atoms with Crippen molar-refractivity contribution in [1.29, 1.82) is 0 Å². The Balaban J connectivity index is 2.53. The highest BCUT2D eigenvalue weighted by Crippen LogP contribution is 2.22. The molecule has 0 aliphatic heterocycles. The Bertz CT molecular complexity index is 590. The Hall–Kier alpha value is -1.68. The first kappa shape index (κ1) is 12.8. The first-order valence-corrected chi connectivity index (χ1v) is 6.09. The van der Waals surface area contributed by atoms with Crippen LogP contribution < -0.4 is 0 Å². The van der Waals surface area contributed by atoms with E-state index in [9.17, 15) is 4.79 Å². The van der Waals surface area contributed by atoms with E-state index in [1.165, 1.54) is 6.20 Å². The molecular weight excluding hydrogens is 250 g/mol. The molecule has 0 saturated carbocycles. The lowest BCUT2D eigenvalue weighted by Crippen LogP contribution is -2.15. The minimum atomic E-state index is -0.190. The number of halogens is 1. The number of carbonyl (C=O) groups is 1. The van der Waals surface area contributed by atoms with Gasteiger partial charge in [-0.15, -0.1) is 0 Å². The molecule has 2 rings (SSSR count). The molecule has 2 aromatic rings. The van der Waals surface area contributed by atoms with E-state index < -0.39 is 0 Å². The molecule has 0 aromatic carbocycles. The summed E-state index contributed by atoms with van der Waals surface area (Å²) < 4.78 is 1.62.